The molecule has 6 rings (SSSR count). The smallest absolute Gasteiger partial charge is 0.274 e. The molecule has 7 heteroatoms. The van der Waals surface area contributed by atoms with Crippen LogP contribution in [0.1, 0.15) is 19.3 Å². The van der Waals surface area contributed by atoms with E-state index in [4.69, 9.17) is 11.6 Å². The lowest BCUT2D eigenvalue weighted by molar-refractivity contribution is -0.384. The van der Waals surface area contributed by atoms with Crippen molar-refractivity contribution in [3.8, 4) is 0 Å². The van der Waals surface area contributed by atoms with E-state index in [1.165, 1.54) is 23.1 Å². The number of hydrogen-bond donors (Lipinski definition) is 0. The van der Waals surface area contributed by atoms with Crippen LogP contribution in [0.3, 0.4) is 0 Å². The van der Waals surface area contributed by atoms with Crippen LogP contribution >= 0.6 is 11.6 Å². The minimum atomic E-state index is -0.594. The van der Waals surface area contributed by atoms with Gasteiger partial charge in [-0.15, -0.1) is 0 Å². The summed E-state index contributed by atoms with van der Waals surface area (Å²) in [7, 11) is 0. The normalized spacial score (nSPS) is 39.0. The summed E-state index contributed by atoms with van der Waals surface area (Å²) in [6, 6.07) is 4.13. The van der Waals surface area contributed by atoms with Gasteiger partial charge < -0.3 is 0 Å². The molecule has 2 bridgehead atoms. The maximum Gasteiger partial charge on any atom is 0.289 e. The standard InChI is InChI=1S/C17H15ClN2O4/c18-12-4-1-7(5-13(12)20(23)24)19-16(21)14-8-2-3-9(11-6-10(8)11)15(14)17(19)22/h1,4-5,8-11,14-15H,2-3,6H2. The molecular formula is C17H15ClN2O4. The Bertz CT molecular complexity index is 776. The molecule has 2 amide bonds. The van der Waals surface area contributed by atoms with Crippen LogP contribution in [0.25, 0.3) is 0 Å². The van der Waals surface area contributed by atoms with Crippen molar-refractivity contribution in [2.45, 2.75) is 19.3 Å². The molecule has 6 unspecified atom stereocenters. The van der Waals surface area contributed by atoms with Crippen molar-refractivity contribution < 1.29 is 14.5 Å². The third-order valence-electron chi connectivity index (χ3n) is 6.53. The van der Waals surface area contributed by atoms with Crippen LogP contribution in [-0.2, 0) is 9.59 Å². The summed E-state index contributed by atoms with van der Waals surface area (Å²) in [5, 5.41) is 11.1. The van der Waals surface area contributed by atoms with Crippen LogP contribution in [-0.4, -0.2) is 16.7 Å². The predicted octanol–water partition coefficient (Wildman–Crippen LogP) is 3.03. The van der Waals surface area contributed by atoms with Crippen molar-refractivity contribution in [2.24, 2.45) is 35.5 Å². The van der Waals surface area contributed by atoms with E-state index in [1.54, 1.807) is 0 Å². The lowest BCUT2D eigenvalue weighted by atomic mass is 9.59. The molecule has 1 heterocycles. The lowest BCUT2D eigenvalue weighted by Crippen LogP contribution is -2.43. The molecule has 0 spiro atoms. The Balaban J connectivity index is 1.56. The average molecular weight is 347 g/mol. The number of amides is 2. The highest BCUT2D eigenvalue weighted by Crippen LogP contribution is 2.68. The Kier molecular flexibility index (Phi) is 2.74. The highest BCUT2D eigenvalue weighted by Gasteiger charge is 2.68. The summed E-state index contributed by atoms with van der Waals surface area (Å²) in [5.41, 5.74) is -0.0148. The van der Waals surface area contributed by atoms with Crippen LogP contribution in [0, 0.1) is 45.6 Å². The van der Waals surface area contributed by atoms with Gasteiger partial charge in [-0.2, -0.15) is 0 Å². The largest absolute Gasteiger partial charge is 0.289 e. The topological polar surface area (TPSA) is 80.5 Å². The summed E-state index contributed by atoms with van der Waals surface area (Å²) >= 11 is 5.84. The zero-order chi connectivity index (χ0) is 16.7. The van der Waals surface area contributed by atoms with Crippen LogP contribution in [0.2, 0.25) is 5.02 Å². The van der Waals surface area contributed by atoms with E-state index in [-0.39, 0.29) is 40.0 Å². The van der Waals surface area contributed by atoms with E-state index in [9.17, 15) is 19.7 Å². The monoisotopic (exact) mass is 346 g/mol. The second kappa shape index (κ2) is 4.57. The zero-order valence-corrected chi connectivity index (χ0v) is 13.5. The number of hydrogen-bond acceptors (Lipinski definition) is 4. The molecule has 1 aromatic carbocycles. The van der Waals surface area contributed by atoms with Crippen LogP contribution in [0.4, 0.5) is 11.4 Å². The van der Waals surface area contributed by atoms with Gasteiger partial charge in [0, 0.05) is 6.07 Å². The van der Waals surface area contributed by atoms with Gasteiger partial charge in [0.1, 0.15) is 5.02 Å². The van der Waals surface area contributed by atoms with Gasteiger partial charge in [0.05, 0.1) is 22.4 Å². The number of nitro benzene ring substituents is 1. The average Bonchev–Trinajstić information content (AvgIpc) is 3.33. The predicted molar refractivity (Wildman–Crippen MR) is 85.4 cm³/mol. The highest BCUT2D eigenvalue weighted by molar-refractivity contribution is 6.33. The Hall–Kier alpha value is -1.95. The molecule has 24 heavy (non-hydrogen) atoms. The molecule has 0 aromatic heterocycles. The van der Waals surface area contributed by atoms with Crippen LogP contribution < -0.4 is 4.90 Å². The van der Waals surface area contributed by atoms with Gasteiger partial charge in [0.25, 0.3) is 5.69 Å². The third kappa shape index (κ3) is 1.67. The second-order valence-corrected chi connectivity index (χ2v) is 7.83. The SMILES string of the molecule is O=C1C2C3CCC(C4CC43)C2C(=O)N1c1ccc(Cl)c([N+](=O)[O-])c1. The first-order valence-corrected chi connectivity index (χ1v) is 8.68. The minimum Gasteiger partial charge on any atom is -0.274 e. The number of carbonyl (C=O) groups excluding carboxylic acids is 2. The number of anilines is 1. The number of imide groups is 1. The number of rotatable bonds is 2. The summed E-state index contributed by atoms with van der Waals surface area (Å²) in [6.07, 6.45) is 3.22. The molecule has 5 fully saturated rings. The minimum absolute atomic E-state index is 0.00146. The van der Waals surface area contributed by atoms with Gasteiger partial charge in [0.2, 0.25) is 11.8 Å². The molecule has 4 aliphatic carbocycles. The van der Waals surface area contributed by atoms with E-state index in [0.29, 0.717) is 23.7 Å². The fourth-order valence-corrected chi connectivity index (χ4v) is 5.76. The van der Waals surface area contributed by atoms with E-state index >= 15 is 0 Å². The summed E-state index contributed by atoms with van der Waals surface area (Å²) in [4.78, 5) is 37.6. The van der Waals surface area contributed by atoms with Crippen LogP contribution in [0.5, 0.6) is 0 Å². The summed E-state index contributed by atoms with van der Waals surface area (Å²) in [5.74, 6) is 1.04. The van der Waals surface area contributed by atoms with E-state index in [0.717, 1.165) is 19.3 Å². The van der Waals surface area contributed by atoms with Gasteiger partial charge in [0.15, 0.2) is 0 Å². The maximum atomic E-state index is 13.0. The van der Waals surface area contributed by atoms with Gasteiger partial charge in [-0.25, -0.2) is 4.90 Å². The van der Waals surface area contributed by atoms with Crippen molar-refractivity contribution in [1.29, 1.82) is 0 Å². The molecule has 4 saturated carbocycles. The number of benzene rings is 1. The molecule has 1 aliphatic heterocycles. The number of carbonyl (C=O) groups is 2. The van der Waals surface area contributed by atoms with E-state index in [2.05, 4.69) is 0 Å². The van der Waals surface area contributed by atoms with Gasteiger partial charge in [-0.3, -0.25) is 19.7 Å². The molecule has 1 saturated heterocycles. The number of fused-ring (bicyclic) bond motifs is 1. The second-order valence-electron chi connectivity index (χ2n) is 7.42. The molecule has 5 aliphatic rings. The molecule has 1 aromatic rings. The first-order valence-electron chi connectivity index (χ1n) is 8.31. The van der Waals surface area contributed by atoms with Crippen molar-refractivity contribution >= 4 is 34.8 Å². The molecule has 0 N–H and O–H groups in total. The Labute approximate surface area is 142 Å². The first kappa shape index (κ1) is 14.4. The lowest BCUT2D eigenvalue weighted by Gasteiger charge is -2.42. The Morgan fingerprint density at radius 1 is 1.04 bits per heavy atom. The third-order valence-corrected chi connectivity index (χ3v) is 6.85. The first-order chi connectivity index (χ1) is 11.5. The summed E-state index contributed by atoms with van der Waals surface area (Å²) < 4.78 is 0. The zero-order valence-electron chi connectivity index (χ0n) is 12.7. The van der Waals surface area contributed by atoms with E-state index < -0.39 is 4.92 Å². The molecule has 6 nitrogen and oxygen atoms in total. The highest BCUT2D eigenvalue weighted by atomic mass is 35.5. The Morgan fingerprint density at radius 2 is 1.62 bits per heavy atom. The Morgan fingerprint density at radius 3 is 2.17 bits per heavy atom. The van der Waals surface area contributed by atoms with Gasteiger partial charge >= 0.3 is 0 Å². The molecule has 6 atom stereocenters. The van der Waals surface area contributed by atoms with Crippen molar-refractivity contribution in [3.63, 3.8) is 0 Å². The van der Waals surface area contributed by atoms with E-state index in [1.807, 2.05) is 0 Å². The number of nitro groups is 1. The van der Waals surface area contributed by atoms with Crippen molar-refractivity contribution in [2.75, 3.05) is 4.90 Å². The van der Waals surface area contributed by atoms with Crippen molar-refractivity contribution in [3.05, 3.63) is 33.3 Å². The maximum absolute atomic E-state index is 13.0. The molecule has 124 valence electrons. The van der Waals surface area contributed by atoms with Gasteiger partial charge in [-0.1, -0.05) is 11.6 Å². The van der Waals surface area contributed by atoms with Crippen molar-refractivity contribution in [1.82, 2.24) is 0 Å². The quantitative estimate of drug-likeness (QED) is 0.468. The van der Waals surface area contributed by atoms with Gasteiger partial charge in [-0.05, 0) is 55.1 Å². The molecule has 0 radical (unpaired) electrons. The van der Waals surface area contributed by atoms with Crippen LogP contribution in [0.15, 0.2) is 18.2 Å². The number of halogens is 1. The fraction of sp³-hybridized carbons (Fsp3) is 0.529. The number of nitrogens with zero attached hydrogens (tertiary/aromatic N) is 2. The summed E-state index contributed by atoms with van der Waals surface area (Å²) in [6.45, 7) is 0. The fourth-order valence-electron chi connectivity index (χ4n) is 5.57. The molecular weight excluding hydrogens is 332 g/mol.